The van der Waals surface area contributed by atoms with Crippen LogP contribution in [0.2, 0.25) is 0 Å². The molecule has 4 rings (SSSR count). The fourth-order valence-corrected chi connectivity index (χ4v) is 3.71. The highest BCUT2D eigenvalue weighted by Crippen LogP contribution is 2.51. The number of hydrogen-bond acceptors (Lipinski definition) is 5. The van der Waals surface area contributed by atoms with Gasteiger partial charge in [0.05, 0.1) is 5.69 Å². The summed E-state index contributed by atoms with van der Waals surface area (Å²) in [5.74, 6) is -3.86. The van der Waals surface area contributed by atoms with Crippen LogP contribution in [0.4, 0.5) is 13.2 Å². The van der Waals surface area contributed by atoms with E-state index in [1.54, 1.807) is 35.4 Å². The highest BCUT2D eigenvalue weighted by atomic mass is 19.3. The lowest BCUT2D eigenvalue weighted by atomic mass is 9.77. The third-order valence-corrected chi connectivity index (χ3v) is 5.60. The number of benzene rings is 1. The van der Waals surface area contributed by atoms with Crippen LogP contribution in [-0.4, -0.2) is 38.5 Å². The summed E-state index contributed by atoms with van der Waals surface area (Å²) in [6.07, 6.45) is 4.89. The van der Waals surface area contributed by atoms with E-state index in [1.165, 1.54) is 32.9 Å². The zero-order chi connectivity index (χ0) is 22.4. The van der Waals surface area contributed by atoms with E-state index in [-0.39, 0.29) is 18.0 Å². The van der Waals surface area contributed by atoms with Crippen molar-refractivity contribution in [2.75, 3.05) is 6.61 Å². The molecule has 1 aromatic carbocycles. The van der Waals surface area contributed by atoms with Gasteiger partial charge in [0, 0.05) is 23.5 Å². The van der Waals surface area contributed by atoms with Crippen LogP contribution in [0.3, 0.4) is 0 Å². The van der Waals surface area contributed by atoms with E-state index in [2.05, 4.69) is 15.0 Å². The number of ether oxygens (including phenoxy) is 1. The van der Waals surface area contributed by atoms with Gasteiger partial charge in [0.25, 0.3) is 0 Å². The molecule has 2 aromatic heterocycles. The van der Waals surface area contributed by atoms with E-state index in [0.717, 1.165) is 6.07 Å². The molecule has 0 spiro atoms. The van der Waals surface area contributed by atoms with Crippen molar-refractivity contribution in [1.82, 2.24) is 14.5 Å². The minimum absolute atomic E-state index is 0.128. The zero-order valence-electron chi connectivity index (χ0n) is 17.3. The number of alkyl halides is 2. The van der Waals surface area contributed by atoms with Crippen LogP contribution in [0, 0.1) is 5.82 Å². The Bertz CT molecular complexity index is 1140. The van der Waals surface area contributed by atoms with Crippen LogP contribution in [-0.2, 0) is 10.3 Å². The van der Waals surface area contributed by atoms with E-state index < -0.39 is 22.9 Å². The first-order valence-electron chi connectivity index (χ1n) is 9.67. The molecule has 162 valence electrons. The van der Waals surface area contributed by atoms with Gasteiger partial charge in [-0.1, -0.05) is 6.07 Å². The number of rotatable bonds is 3. The largest absolute Gasteiger partial charge is 0.385 e. The molecule has 31 heavy (non-hydrogen) atoms. The van der Waals surface area contributed by atoms with Gasteiger partial charge >= 0.3 is 5.92 Å². The predicted molar refractivity (Wildman–Crippen MR) is 111 cm³/mol. The molecule has 1 atom stereocenters. The monoisotopic (exact) mass is 429 g/mol. The van der Waals surface area contributed by atoms with Crippen LogP contribution in [0.15, 0.2) is 60.1 Å². The third kappa shape index (κ3) is 3.38. The van der Waals surface area contributed by atoms with Crippen molar-refractivity contribution in [2.45, 2.75) is 37.8 Å². The molecular formula is C22H22F3N5O. The summed E-state index contributed by atoms with van der Waals surface area (Å²) >= 11 is 0. The predicted octanol–water partition coefficient (Wildman–Crippen LogP) is 4.09. The second-order valence-corrected chi connectivity index (χ2v) is 8.10. The molecule has 0 aliphatic carbocycles. The highest BCUT2D eigenvalue weighted by Gasteiger charge is 2.63. The lowest BCUT2D eigenvalue weighted by Crippen LogP contribution is -2.56. The van der Waals surface area contributed by atoms with Crippen molar-refractivity contribution in [3.05, 3.63) is 66.5 Å². The molecule has 1 aliphatic heterocycles. The number of pyridine rings is 1. The summed E-state index contributed by atoms with van der Waals surface area (Å²) in [7, 11) is 0. The third-order valence-electron chi connectivity index (χ3n) is 5.60. The van der Waals surface area contributed by atoms with Crippen LogP contribution in [0.1, 0.15) is 26.3 Å². The van der Waals surface area contributed by atoms with Gasteiger partial charge in [-0.15, -0.1) is 0 Å². The van der Waals surface area contributed by atoms with Crippen LogP contribution < -0.4 is 5.73 Å². The Labute approximate surface area is 177 Å². The number of nitrogens with zero attached hydrogens (tertiary/aromatic N) is 4. The maximum atomic E-state index is 15.6. The van der Waals surface area contributed by atoms with Crippen molar-refractivity contribution in [2.24, 2.45) is 10.7 Å². The minimum atomic E-state index is -3.56. The Morgan fingerprint density at radius 3 is 2.58 bits per heavy atom. The molecule has 6 nitrogen and oxygen atoms in total. The summed E-state index contributed by atoms with van der Waals surface area (Å²) in [5.41, 5.74) is 2.25. The average molecular weight is 429 g/mol. The first-order valence-corrected chi connectivity index (χ1v) is 9.67. The van der Waals surface area contributed by atoms with Crippen molar-refractivity contribution in [3.63, 3.8) is 0 Å². The Hall–Kier alpha value is -3.20. The summed E-state index contributed by atoms with van der Waals surface area (Å²) in [6, 6.07) is 9.38. The molecule has 3 heterocycles. The molecule has 1 aliphatic rings. The van der Waals surface area contributed by atoms with Gasteiger partial charge in [0.1, 0.15) is 36.0 Å². The summed E-state index contributed by atoms with van der Waals surface area (Å²) in [5, 5.41) is 0. The molecule has 2 N–H and O–H groups in total. The maximum absolute atomic E-state index is 15.6. The molecule has 0 fully saturated rings. The van der Waals surface area contributed by atoms with Crippen molar-refractivity contribution in [1.29, 1.82) is 0 Å². The van der Waals surface area contributed by atoms with Gasteiger partial charge in [0.2, 0.25) is 0 Å². The van der Waals surface area contributed by atoms with Gasteiger partial charge in [-0.05, 0) is 51.1 Å². The molecule has 9 heteroatoms. The van der Waals surface area contributed by atoms with E-state index >= 15 is 8.78 Å². The molecule has 1 unspecified atom stereocenters. The quantitative estimate of drug-likeness (QED) is 0.680. The lowest BCUT2D eigenvalue weighted by molar-refractivity contribution is -0.214. The minimum Gasteiger partial charge on any atom is -0.385 e. The van der Waals surface area contributed by atoms with E-state index in [0.29, 0.717) is 17.1 Å². The molecule has 0 bridgehead atoms. The molecular weight excluding hydrogens is 407 g/mol. The van der Waals surface area contributed by atoms with E-state index in [4.69, 9.17) is 10.5 Å². The van der Waals surface area contributed by atoms with Gasteiger partial charge < -0.3 is 10.5 Å². The zero-order valence-corrected chi connectivity index (χ0v) is 17.3. The van der Waals surface area contributed by atoms with Gasteiger partial charge in [-0.2, -0.15) is 0 Å². The Morgan fingerprint density at radius 1 is 1.10 bits per heavy atom. The smallest absolute Gasteiger partial charge is 0.304 e. The SMILES string of the molecule is CC1(C)OCC(N)=NC(C)(c2cc(-c3cn(-c4ccccn4)cn3)ccc2F)C1(F)F. The fourth-order valence-electron chi connectivity index (χ4n) is 3.71. The Balaban J connectivity index is 1.83. The van der Waals surface area contributed by atoms with Gasteiger partial charge in [0.15, 0.2) is 5.54 Å². The first-order chi connectivity index (χ1) is 14.5. The molecule has 0 saturated carbocycles. The second-order valence-electron chi connectivity index (χ2n) is 8.10. The number of aromatic nitrogens is 3. The lowest BCUT2D eigenvalue weighted by Gasteiger charge is -2.42. The normalized spacial score (nSPS) is 22.6. The van der Waals surface area contributed by atoms with E-state index in [9.17, 15) is 4.39 Å². The molecule has 0 amide bonds. The maximum Gasteiger partial charge on any atom is 0.304 e. The highest BCUT2D eigenvalue weighted by molar-refractivity contribution is 5.82. The van der Waals surface area contributed by atoms with Crippen molar-refractivity contribution >= 4 is 5.84 Å². The van der Waals surface area contributed by atoms with Crippen molar-refractivity contribution < 1.29 is 17.9 Å². The Kier molecular flexibility index (Phi) is 4.88. The van der Waals surface area contributed by atoms with Crippen LogP contribution in [0.25, 0.3) is 17.1 Å². The fraction of sp³-hybridized carbons (Fsp3) is 0.318. The number of imidazole rings is 1. The summed E-state index contributed by atoms with van der Waals surface area (Å²) in [6.45, 7) is 3.39. The number of halogens is 3. The van der Waals surface area contributed by atoms with Crippen LogP contribution in [0.5, 0.6) is 0 Å². The number of nitrogens with two attached hydrogens (primary N) is 1. The summed E-state index contributed by atoms with van der Waals surface area (Å²) in [4.78, 5) is 12.6. The average Bonchev–Trinajstić information content (AvgIpc) is 3.21. The van der Waals surface area contributed by atoms with Crippen LogP contribution >= 0.6 is 0 Å². The second kappa shape index (κ2) is 7.19. The standard InChI is InChI=1S/C22H22F3N5O/c1-20(2)22(24,25)21(3,29-18(26)12-31-20)15-10-14(7-8-16(15)23)17-11-30(13-28-17)19-6-4-5-9-27-19/h4-11,13H,12H2,1-3H3,(H2,26,29). The van der Waals surface area contributed by atoms with Gasteiger partial charge in [-0.25, -0.2) is 23.1 Å². The molecule has 0 saturated heterocycles. The number of hydrogen-bond donors (Lipinski definition) is 1. The first kappa shape index (κ1) is 21.0. The topological polar surface area (TPSA) is 78.3 Å². The summed E-state index contributed by atoms with van der Waals surface area (Å²) < 4.78 is 53.1. The number of amidine groups is 1. The number of aliphatic imine (C=N–C) groups is 1. The Morgan fingerprint density at radius 2 is 1.87 bits per heavy atom. The van der Waals surface area contributed by atoms with Crippen molar-refractivity contribution in [3.8, 4) is 17.1 Å². The molecule has 3 aromatic rings. The van der Waals surface area contributed by atoms with E-state index in [1.807, 2.05) is 6.07 Å². The molecule has 0 radical (unpaired) electrons. The van der Waals surface area contributed by atoms with Gasteiger partial charge in [-0.3, -0.25) is 9.56 Å².